The highest BCUT2D eigenvalue weighted by molar-refractivity contribution is 5.87. The largest absolute Gasteiger partial charge is 0.375 e. The van der Waals surface area contributed by atoms with Gasteiger partial charge in [0.25, 0.3) is 0 Å². The molecule has 0 aliphatic rings. The summed E-state index contributed by atoms with van der Waals surface area (Å²) in [6.45, 7) is 9.59. The Morgan fingerprint density at radius 3 is 2.29 bits per heavy atom. The molecule has 0 aliphatic carbocycles. The summed E-state index contributed by atoms with van der Waals surface area (Å²) in [5.41, 5.74) is 0. The van der Waals surface area contributed by atoms with E-state index in [0.717, 1.165) is 0 Å². The molecule has 1 atom stereocenters. The molecular weight excluding hydrogens is 220 g/mol. The molecule has 0 bridgehead atoms. The maximum absolute atomic E-state index is 11.9. The topological polar surface area (TPSA) is 58.6 Å². The molecule has 0 rings (SSSR count). The number of hydrogen-bond acceptors (Lipinski definition) is 3. The first-order valence-electron chi connectivity index (χ1n) is 5.35. The predicted molar refractivity (Wildman–Crippen MR) is 66.5 cm³/mol. The molecule has 5 heteroatoms. The number of methoxy groups -OCH3 is 1. The van der Waals surface area contributed by atoms with Gasteiger partial charge < -0.3 is 15.0 Å². The average Bonchev–Trinajstić information content (AvgIpc) is 2.28. The van der Waals surface area contributed by atoms with Crippen LogP contribution in [0.1, 0.15) is 6.92 Å². The Morgan fingerprint density at radius 1 is 1.35 bits per heavy atom. The van der Waals surface area contributed by atoms with Gasteiger partial charge in [0.15, 0.2) is 0 Å². The molecule has 1 N–H and O–H groups in total. The van der Waals surface area contributed by atoms with Crippen molar-refractivity contribution in [2.45, 2.75) is 13.0 Å². The summed E-state index contributed by atoms with van der Waals surface area (Å²) < 4.78 is 4.67. The molecular formula is C12H20N2O3. The van der Waals surface area contributed by atoms with Gasteiger partial charge in [-0.1, -0.05) is 12.2 Å². The number of ether oxygens (including phenoxy) is 1. The van der Waals surface area contributed by atoms with E-state index in [0.29, 0.717) is 13.1 Å². The quantitative estimate of drug-likeness (QED) is 0.622. The molecule has 0 saturated heterocycles. The minimum Gasteiger partial charge on any atom is -0.375 e. The average molecular weight is 240 g/mol. The minimum atomic E-state index is -0.586. The van der Waals surface area contributed by atoms with E-state index in [1.54, 1.807) is 24.0 Å². The SMILES string of the molecule is C=CCN(CC=C)C(=O)C(C)NC(=O)COC. The molecule has 96 valence electrons. The standard InChI is InChI=1S/C12H20N2O3/c1-5-7-14(8-6-2)12(16)10(3)13-11(15)9-17-4/h5-6,10H,1-2,7-9H2,3-4H3,(H,13,15). The lowest BCUT2D eigenvalue weighted by atomic mass is 10.2. The summed E-state index contributed by atoms with van der Waals surface area (Å²) in [6, 6.07) is -0.586. The minimum absolute atomic E-state index is 0.0550. The molecule has 0 heterocycles. The molecule has 0 fully saturated rings. The monoisotopic (exact) mass is 240 g/mol. The maximum Gasteiger partial charge on any atom is 0.246 e. The van der Waals surface area contributed by atoms with Crippen LogP contribution in [0.15, 0.2) is 25.3 Å². The van der Waals surface area contributed by atoms with Gasteiger partial charge in [0.05, 0.1) is 0 Å². The third kappa shape index (κ3) is 5.87. The lowest BCUT2D eigenvalue weighted by Gasteiger charge is -2.23. The summed E-state index contributed by atoms with van der Waals surface area (Å²) in [6.07, 6.45) is 3.26. The van der Waals surface area contributed by atoms with Crippen LogP contribution in [0, 0.1) is 0 Å². The van der Waals surface area contributed by atoms with Gasteiger partial charge in [-0.3, -0.25) is 9.59 Å². The highest BCUT2D eigenvalue weighted by Gasteiger charge is 2.20. The van der Waals surface area contributed by atoms with Crippen LogP contribution in [0.4, 0.5) is 0 Å². The van der Waals surface area contributed by atoms with Gasteiger partial charge in [0, 0.05) is 20.2 Å². The van der Waals surface area contributed by atoms with Gasteiger partial charge in [-0.2, -0.15) is 0 Å². The molecule has 17 heavy (non-hydrogen) atoms. The molecule has 0 saturated carbocycles. The summed E-state index contributed by atoms with van der Waals surface area (Å²) in [4.78, 5) is 24.7. The summed E-state index contributed by atoms with van der Waals surface area (Å²) in [5.74, 6) is -0.486. The number of nitrogens with zero attached hydrogens (tertiary/aromatic N) is 1. The third-order valence-corrected chi connectivity index (χ3v) is 2.03. The normalized spacial score (nSPS) is 11.4. The van der Waals surface area contributed by atoms with Gasteiger partial charge in [-0.05, 0) is 6.92 Å². The molecule has 2 amide bonds. The fraction of sp³-hybridized carbons (Fsp3) is 0.500. The number of carbonyl (C=O) groups excluding carboxylic acids is 2. The van der Waals surface area contributed by atoms with Crippen LogP contribution < -0.4 is 5.32 Å². The molecule has 0 radical (unpaired) electrons. The molecule has 0 aromatic rings. The molecule has 5 nitrogen and oxygen atoms in total. The lowest BCUT2D eigenvalue weighted by Crippen LogP contribution is -2.47. The number of hydrogen-bond donors (Lipinski definition) is 1. The number of nitrogens with one attached hydrogen (secondary N) is 1. The molecule has 0 aliphatic heterocycles. The predicted octanol–water partition coefficient (Wildman–Crippen LogP) is 0.338. The van der Waals surface area contributed by atoms with Crippen molar-refractivity contribution in [3.05, 3.63) is 25.3 Å². The van der Waals surface area contributed by atoms with Crippen LogP contribution in [0.5, 0.6) is 0 Å². The van der Waals surface area contributed by atoms with Crippen molar-refractivity contribution in [1.29, 1.82) is 0 Å². The third-order valence-electron chi connectivity index (χ3n) is 2.03. The van der Waals surface area contributed by atoms with Crippen molar-refractivity contribution in [3.63, 3.8) is 0 Å². The van der Waals surface area contributed by atoms with Gasteiger partial charge in [-0.15, -0.1) is 13.2 Å². The molecule has 1 unspecified atom stereocenters. The van der Waals surface area contributed by atoms with Gasteiger partial charge in [0.2, 0.25) is 11.8 Å². The Bertz CT molecular complexity index is 279. The summed E-state index contributed by atoms with van der Waals surface area (Å²) >= 11 is 0. The fourth-order valence-electron chi connectivity index (χ4n) is 1.32. The fourth-order valence-corrected chi connectivity index (χ4v) is 1.32. The number of amides is 2. The van der Waals surface area contributed by atoms with Crippen LogP contribution in [-0.2, 0) is 14.3 Å². The van der Waals surface area contributed by atoms with E-state index >= 15 is 0 Å². The maximum atomic E-state index is 11.9. The zero-order valence-corrected chi connectivity index (χ0v) is 10.4. The van der Waals surface area contributed by atoms with E-state index in [2.05, 4.69) is 23.2 Å². The van der Waals surface area contributed by atoms with Crippen molar-refractivity contribution in [2.75, 3.05) is 26.8 Å². The van der Waals surface area contributed by atoms with E-state index in [1.165, 1.54) is 7.11 Å². The number of rotatable bonds is 8. The number of carbonyl (C=O) groups is 2. The Morgan fingerprint density at radius 2 is 1.88 bits per heavy atom. The van der Waals surface area contributed by atoms with Crippen LogP contribution in [0.2, 0.25) is 0 Å². The van der Waals surface area contributed by atoms with Crippen molar-refractivity contribution in [2.24, 2.45) is 0 Å². The van der Waals surface area contributed by atoms with Gasteiger partial charge >= 0.3 is 0 Å². The van der Waals surface area contributed by atoms with E-state index < -0.39 is 6.04 Å². The Labute approximate surface area is 102 Å². The second-order valence-electron chi connectivity index (χ2n) is 3.54. The zero-order chi connectivity index (χ0) is 13.3. The van der Waals surface area contributed by atoms with Gasteiger partial charge in [-0.25, -0.2) is 0 Å². The van der Waals surface area contributed by atoms with Crippen molar-refractivity contribution in [3.8, 4) is 0 Å². The van der Waals surface area contributed by atoms with Crippen LogP contribution in [0.25, 0.3) is 0 Å². The van der Waals surface area contributed by atoms with Crippen LogP contribution in [0.3, 0.4) is 0 Å². The van der Waals surface area contributed by atoms with E-state index in [9.17, 15) is 9.59 Å². The highest BCUT2D eigenvalue weighted by Crippen LogP contribution is 1.96. The van der Waals surface area contributed by atoms with Gasteiger partial charge in [0.1, 0.15) is 12.6 Å². The van der Waals surface area contributed by atoms with Crippen molar-refractivity contribution >= 4 is 11.8 Å². The van der Waals surface area contributed by atoms with Crippen molar-refractivity contribution in [1.82, 2.24) is 10.2 Å². The van der Waals surface area contributed by atoms with Crippen molar-refractivity contribution < 1.29 is 14.3 Å². The lowest BCUT2D eigenvalue weighted by molar-refractivity contribution is -0.136. The molecule has 0 aromatic heterocycles. The Balaban J connectivity index is 4.37. The Kier molecular flexibility index (Phi) is 7.71. The Hall–Kier alpha value is -1.62. The zero-order valence-electron chi connectivity index (χ0n) is 10.4. The first kappa shape index (κ1) is 15.4. The second kappa shape index (κ2) is 8.52. The van der Waals surface area contributed by atoms with Crippen LogP contribution in [-0.4, -0.2) is 49.6 Å². The van der Waals surface area contributed by atoms with E-state index in [4.69, 9.17) is 0 Å². The molecule has 0 aromatic carbocycles. The smallest absolute Gasteiger partial charge is 0.246 e. The first-order chi connectivity index (χ1) is 8.06. The van der Waals surface area contributed by atoms with E-state index in [1.807, 2.05) is 0 Å². The van der Waals surface area contributed by atoms with E-state index in [-0.39, 0.29) is 18.4 Å². The first-order valence-corrected chi connectivity index (χ1v) is 5.35. The van der Waals surface area contributed by atoms with Crippen LogP contribution >= 0.6 is 0 Å². The second-order valence-corrected chi connectivity index (χ2v) is 3.54. The summed E-state index contributed by atoms with van der Waals surface area (Å²) in [7, 11) is 1.42. The summed E-state index contributed by atoms with van der Waals surface area (Å²) in [5, 5.41) is 2.55. The molecule has 0 spiro atoms. The highest BCUT2D eigenvalue weighted by atomic mass is 16.5.